The fraction of sp³-hybridized carbons (Fsp3) is 0.842. The van der Waals surface area contributed by atoms with Crippen LogP contribution in [0.3, 0.4) is 0 Å². The molecule has 1 aliphatic carbocycles. The lowest BCUT2D eigenvalue weighted by atomic mass is 9.96. The number of unbranched alkanes of at least 4 members (excludes halogenated alkanes) is 3. The summed E-state index contributed by atoms with van der Waals surface area (Å²) in [6.07, 6.45) is 12.9. The number of rotatable bonds is 20. The van der Waals surface area contributed by atoms with Crippen LogP contribution in [0.2, 0.25) is 36.3 Å². The minimum absolute atomic E-state index is 0.0168. The molecule has 0 aromatic heterocycles. The topological polar surface area (TPSA) is 71.1 Å². The van der Waals surface area contributed by atoms with Crippen molar-refractivity contribution in [3.05, 3.63) is 22.8 Å². The lowest BCUT2D eigenvalue weighted by molar-refractivity contribution is -0.143. The van der Waals surface area contributed by atoms with Gasteiger partial charge in [0, 0.05) is 23.7 Å². The largest absolute Gasteiger partial charge is 0.469 e. The smallest absolute Gasteiger partial charge is 0.313 e. The predicted octanol–water partition coefficient (Wildman–Crippen LogP) is 11.4. The van der Waals surface area contributed by atoms with E-state index >= 15 is 0 Å². The molecule has 0 saturated heterocycles. The Morgan fingerprint density at radius 2 is 1.55 bits per heavy atom. The maximum absolute atomic E-state index is 13.0. The lowest BCUT2D eigenvalue weighted by Crippen LogP contribution is -2.45. The summed E-state index contributed by atoms with van der Waals surface area (Å²) >= 11 is 1.79. The van der Waals surface area contributed by atoms with Gasteiger partial charge in [-0.25, -0.2) is 0 Å². The molecule has 0 aliphatic heterocycles. The zero-order valence-electron chi connectivity index (χ0n) is 33.0. The molecular formula is C38H72O6SSi2. The summed E-state index contributed by atoms with van der Waals surface area (Å²) < 4.78 is 25.2. The molecule has 0 N–H and O–H groups in total. The normalized spacial score (nSPS) is 19.5. The molecule has 1 rings (SSSR count). The molecule has 1 aliphatic rings. The Kier molecular flexibility index (Phi) is 18.3. The molecule has 9 heteroatoms. The van der Waals surface area contributed by atoms with Gasteiger partial charge in [0.1, 0.15) is 5.76 Å². The zero-order chi connectivity index (χ0) is 36.2. The zero-order valence-corrected chi connectivity index (χ0v) is 35.8. The standard InChI is InChI=1S/C38H72O6SSi2/c1-16-17-21-29(4)26-30(43-46(12,13)37(5,6)7)23-24-31-32(44-47(14,15)38(8,9)10)27-33(42-36(40)28(2)3)35(31)45-25-20-18-19-22-34(39)41-11/h23-24,28-32H,16-22,25-27H2,1-15H3/t29-,30-,31+,32-/m1/s1. The molecular weight excluding hydrogens is 641 g/mol. The predicted molar refractivity (Wildman–Crippen MR) is 206 cm³/mol. The second kappa shape index (κ2) is 19.5. The van der Waals surface area contributed by atoms with E-state index < -0.39 is 16.6 Å². The molecule has 0 fully saturated rings. The number of esters is 2. The Hall–Kier alpha value is -0.876. The van der Waals surface area contributed by atoms with Crippen molar-refractivity contribution in [2.24, 2.45) is 17.8 Å². The van der Waals surface area contributed by atoms with Gasteiger partial charge in [-0.3, -0.25) is 9.59 Å². The number of hydrogen-bond donors (Lipinski definition) is 0. The van der Waals surface area contributed by atoms with Gasteiger partial charge in [0.25, 0.3) is 0 Å². The molecule has 0 spiro atoms. The summed E-state index contributed by atoms with van der Waals surface area (Å²) in [5.74, 6) is 1.62. The van der Waals surface area contributed by atoms with Crippen LogP contribution >= 0.6 is 11.8 Å². The first-order valence-electron chi connectivity index (χ1n) is 18.2. The van der Waals surface area contributed by atoms with Crippen molar-refractivity contribution >= 4 is 40.3 Å². The number of hydrogen-bond acceptors (Lipinski definition) is 7. The Balaban J connectivity index is 3.54. The molecule has 0 unspecified atom stereocenters. The van der Waals surface area contributed by atoms with Crippen LogP contribution in [-0.4, -0.2) is 53.6 Å². The first-order chi connectivity index (χ1) is 21.6. The third-order valence-corrected chi connectivity index (χ3v) is 20.6. The van der Waals surface area contributed by atoms with Crippen molar-refractivity contribution in [2.75, 3.05) is 12.9 Å². The Bertz CT molecular complexity index is 1040. The monoisotopic (exact) mass is 712 g/mol. The van der Waals surface area contributed by atoms with Crippen molar-refractivity contribution in [3.63, 3.8) is 0 Å². The third-order valence-electron chi connectivity index (χ3n) is 10.3. The van der Waals surface area contributed by atoms with E-state index in [0.29, 0.717) is 18.8 Å². The van der Waals surface area contributed by atoms with Crippen LogP contribution in [0.5, 0.6) is 0 Å². The van der Waals surface area contributed by atoms with Gasteiger partial charge in [-0.15, -0.1) is 11.8 Å². The van der Waals surface area contributed by atoms with Gasteiger partial charge in [0.05, 0.1) is 25.2 Å². The van der Waals surface area contributed by atoms with Gasteiger partial charge in [-0.05, 0) is 67.2 Å². The Labute approximate surface area is 296 Å². The summed E-state index contributed by atoms with van der Waals surface area (Å²) in [7, 11) is -2.72. The average Bonchev–Trinajstić information content (AvgIpc) is 3.24. The van der Waals surface area contributed by atoms with Crippen LogP contribution in [0.25, 0.3) is 0 Å². The molecule has 0 saturated carbocycles. The summed E-state index contributed by atoms with van der Waals surface area (Å²) in [4.78, 5) is 25.7. The number of ether oxygens (including phenoxy) is 2. The van der Waals surface area contributed by atoms with Gasteiger partial charge in [-0.2, -0.15) is 0 Å². The molecule has 274 valence electrons. The lowest BCUT2D eigenvalue weighted by Gasteiger charge is -2.40. The summed E-state index contributed by atoms with van der Waals surface area (Å²) in [5.41, 5.74) is 0. The third kappa shape index (κ3) is 14.9. The van der Waals surface area contributed by atoms with Crippen molar-refractivity contribution in [1.82, 2.24) is 0 Å². The summed E-state index contributed by atoms with van der Waals surface area (Å²) in [6.45, 7) is 31.4. The number of thioether (sulfide) groups is 1. The van der Waals surface area contributed by atoms with Crippen LogP contribution in [0, 0.1) is 17.8 Å². The maximum Gasteiger partial charge on any atom is 0.313 e. The maximum atomic E-state index is 13.0. The number of carbonyl (C=O) groups is 2. The highest BCUT2D eigenvalue weighted by atomic mass is 32.2. The minimum atomic E-state index is -2.13. The van der Waals surface area contributed by atoms with E-state index in [4.69, 9.17) is 18.3 Å². The Morgan fingerprint density at radius 3 is 2.09 bits per heavy atom. The van der Waals surface area contributed by atoms with Crippen LogP contribution in [0.4, 0.5) is 0 Å². The first kappa shape index (κ1) is 44.1. The van der Waals surface area contributed by atoms with Crippen molar-refractivity contribution in [1.29, 1.82) is 0 Å². The van der Waals surface area contributed by atoms with E-state index in [9.17, 15) is 9.59 Å². The van der Waals surface area contributed by atoms with Crippen LogP contribution in [0.15, 0.2) is 22.8 Å². The molecule has 0 heterocycles. The second-order valence-corrected chi connectivity index (χ2v) is 27.7. The number of methoxy groups -OCH3 is 1. The van der Waals surface area contributed by atoms with Gasteiger partial charge < -0.3 is 18.3 Å². The van der Waals surface area contributed by atoms with E-state index in [-0.39, 0.29) is 46.1 Å². The molecule has 4 atom stereocenters. The SMILES string of the molecule is CCCC[C@@H](C)C[C@@H](C=C[C@@H]1C(SCCCCCC(=O)OC)=C(OC(=O)C(C)C)C[C@H]1O[Si](C)(C)C(C)(C)C)O[Si](C)(C)C(C)(C)C. The van der Waals surface area contributed by atoms with E-state index in [0.717, 1.165) is 42.1 Å². The van der Waals surface area contributed by atoms with E-state index in [2.05, 4.69) is 93.7 Å². The first-order valence-corrected chi connectivity index (χ1v) is 25.0. The highest BCUT2D eigenvalue weighted by Crippen LogP contribution is 2.47. The van der Waals surface area contributed by atoms with Crippen LogP contribution < -0.4 is 0 Å². The van der Waals surface area contributed by atoms with Gasteiger partial charge >= 0.3 is 11.9 Å². The molecule has 6 nitrogen and oxygen atoms in total. The van der Waals surface area contributed by atoms with Crippen molar-refractivity contribution in [3.8, 4) is 0 Å². The summed E-state index contributed by atoms with van der Waals surface area (Å²) in [6, 6.07) is 0. The second-order valence-electron chi connectivity index (χ2n) is 17.0. The van der Waals surface area contributed by atoms with Crippen molar-refractivity contribution < 1.29 is 27.9 Å². The minimum Gasteiger partial charge on any atom is -0.469 e. The highest BCUT2D eigenvalue weighted by molar-refractivity contribution is 8.03. The fourth-order valence-electron chi connectivity index (χ4n) is 5.02. The molecule has 47 heavy (non-hydrogen) atoms. The average molecular weight is 713 g/mol. The van der Waals surface area contributed by atoms with Crippen LogP contribution in [0.1, 0.15) is 127 Å². The Morgan fingerprint density at radius 1 is 0.936 bits per heavy atom. The molecule has 0 bridgehead atoms. The van der Waals surface area contributed by atoms with E-state index in [1.54, 1.807) is 11.8 Å². The van der Waals surface area contributed by atoms with Crippen LogP contribution in [-0.2, 0) is 27.9 Å². The highest BCUT2D eigenvalue weighted by Gasteiger charge is 2.45. The molecule has 0 radical (unpaired) electrons. The van der Waals surface area contributed by atoms with Gasteiger partial charge in [0.2, 0.25) is 0 Å². The van der Waals surface area contributed by atoms with E-state index in [1.807, 2.05) is 13.8 Å². The number of carbonyl (C=O) groups excluding carboxylic acids is 2. The molecule has 0 amide bonds. The fourth-order valence-corrected chi connectivity index (χ4v) is 8.92. The quantitative estimate of drug-likeness (QED) is 0.0538. The van der Waals surface area contributed by atoms with Gasteiger partial charge in [0.15, 0.2) is 16.6 Å². The van der Waals surface area contributed by atoms with Gasteiger partial charge in [-0.1, -0.05) is 107 Å². The van der Waals surface area contributed by atoms with E-state index in [1.165, 1.54) is 26.4 Å². The van der Waals surface area contributed by atoms with Crippen molar-refractivity contribution in [2.45, 2.75) is 175 Å². The molecule has 0 aromatic rings. The summed E-state index contributed by atoms with van der Waals surface area (Å²) in [5, 5.41) is 0.161. The molecule has 0 aromatic carbocycles.